The van der Waals surface area contributed by atoms with E-state index in [-0.39, 0.29) is 5.54 Å². The molecule has 0 fully saturated rings. The highest BCUT2D eigenvalue weighted by Crippen LogP contribution is 2.28. The smallest absolute Gasteiger partial charge is 0.0336 e. The molecule has 0 aliphatic rings. The van der Waals surface area contributed by atoms with Crippen molar-refractivity contribution in [2.24, 2.45) is 11.7 Å². The number of thiophene rings is 1. The van der Waals surface area contributed by atoms with Gasteiger partial charge in [0.25, 0.3) is 0 Å². The van der Waals surface area contributed by atoms with E-state index in [4.69, 9.17) is 5.73 Å². The Morgan fingerprint density at radius 3 is 2.39 bits per heavy atom. The van der Waals surface area contributed by atoms with Crippen LogP contribution in [0.15, 0.2) is 17.5 Å². The Hall–Kier alpha value is -0.380. The van der Waals surface area contributed by atoms with E-state index >= 15 is 0 Å². The Labute approximate surface area is 116 Å². The van der Waals surface area contributed by atoms with Gasteiger partial charge in [-0.25, -0.2) is 0 Å². The second-order valence-electron chi connectivity index (χ2n) is 6.10. The first-order chi connectivity index (χ1) is 8.39. The van der Waals surface area contributed by atoms with Crippen LogP contribution in [0.5, 0.6) is 0 Å². The molecule has 0 amide bonds. The van der Waals surface area contributed by atoms with Gasteiger partial charge in [0.15, 0.2) is 0 Å². The summed E-state index contributed by atoms with van der Waals surface area (Å²) < 4.78 is 0. The van der Waals surface area contributed by atoms with Crippen LogP contribution < -0.4 is 5.73 Å². The Kier molecular flexibility index (Phi) is 5.83. The predicted octanol–water partition coefficient (Wildman–Crippen LogP) is 3.72. The second-order valence-corrected chi connectivity index (χ2v) is 7.13. The van der Waals surface area contributed by atoms with Crippen LogP contribution in [0.3, 0.4) is 0 Å². The van der Waals surface area contributed by atoms with E-state index in [1.807, 2.05) is 11.3 Å². The van der Waals surface area contributed by atoms with Crippen molar-refractivity contribution >= 4 is 11.3 Å². The molecule has 0 aromatic carbocycles. The van der Waals surface area contributed by atoms with E-state index in [1.54, 1.807) is 0 Å². The Balaban J connectivity index is 2.87. The van der Waals surface area contributed by atoms with Crippen molar-refractivity contribution in [1.82, 2.24) is 4.90 Å². The van der Waals surface area contributed by atoms with Crippen molar-refractivity contribution in [3.63, 3.8) is 0 Å². The van der Waals surface area contributed by atoms with Crippen molar-refractivity contribution in [1.29, 1.82) is 0 Å². The van der Waals surface area contributed by atoms with Crippen LogP contribution in [0.2, 0.25) is 0 Å². The standard InChI is InChI=1S/C15H28N2S/c1-12(2)9-15(5,11-16)17(13(3)4)10-14-7-6-8-18-14/h6-8,12-13H,9-11,16H2,1-5H3. The molecule has 1 heterocycles. The molecule has 1 rings (SSSR count). The average molecular weight is 268 g/mol. The molecule has 1 unspecified atom stereocenters. The second kappa shape index (κ2) is 6.69. The van der Waals surface area contributed by atoms with Gasteiger partial charge < -0.3 is 5.73 Å². The number of nitrogens with zero attached hydrogens (tertiary/aromatic N) is 1. The fraction of sp³-hybridized carbons (Fsp3) is 0.733. The Morgan fingerprint density at radius 1 is 1.33 bits per heavy atom. The number of hydrogen-bond acceptors (Lipinski definition) is 3. The summed E-state index contributed by atoms with van der Waals surface area (Å²) in [6, 6.07) is 4.85. The maximum Gasteiger partial charge on any atom is 0.0336 e. The van der Waals surface area contributed by atoms with Crippen molar-refractivity contribution in [2.45, 2.75) is 59.2 Å². The van der Waals surface area contributed by atoms with Gasteiger partial charge in [-0.2, -0.15) is 0 Å². The first kappa shape index (κ1) is 15.7. The summed E-state index contributed by atoms with van der Waals surface area (Å²) in [5, 5.41) is 2.15. The summed E-state index contributed by atoms with van der Waals surface area (Å²) in [5.41, 5.74) is 6.17. The zero-order chi connectivity index (χ0) is 13.8. The highest BCUT2D eigenvalue weighted by molar-refractivity contribution is 7.09. The molecule has 0 aliphatic heterocycles. The normalized spacial score (nSPS) is 15.6. The van der Waals surface area contributed by atoms with E-state index in [0.29, 0.717) is 18.5 Å². The Morgan fingerprint density at radius 2 is 2.00 bits per heavy atom. The summed E-state index contributed by atoms with van der Waals surface area (Å²) in [7, 11) is 0. The van der Waals surface area contributed by atoms with Gasteiger partial charge in [-0.3, -0.25) is 4.90 Å². The molecule has 0 saturated carbocycles. The van der Waals surface area contributed by atoms with Crippen LogP contribution >= 0.6 is 11.3 Å². The fourth-order valence-electron chi connectivity index (χ4n) is 2.76. The minimum absolute atomic E-state index is 0.0896. The third-order valence-corrected chi connectivity index (χ3v) is 4.37. The van der Waals surface area contributed by atoms with Crippen LogP contribution in [-0.4, -0.2) is 23.0 Å². The molecule has 0 saturated heterocycles. The molecule has 1 atom stereocenters. The zero-order valence-electron chi connectivity index (χ0n) is 12.4. The molecular weight excluding hydrogens is 240 g/mol. The topological polar surface area (TPSA) is 29.3 Å². The third-order valence-electron chi connectivity index (χ3n) is 3.51. The van der Waals surface area contributed by atoms with Gasteiger partial charge in [0.1, 0.15) is 0 Å². The van der Waals surface area contributed by atoms with Gasteiger partial charge in [-0.05, 0) is 44.6 Å². The average Bonchev–Trinajstić information content (AvgIpc) is 2.77. The number of rotatable bonds is 7. The van der Waals surface area contributed by atoms with Crippen LogP contribution in [0.4, 0.5) is 0 Å². The van der Waals surface area contributed by atoms with Gasteiger partial charge in [0.2, 0.25) is 0 Å². The monoisotopic (exact) mass is 268 g/mol. The van der Waals surface area contributed by atoms with Gasteiger partial charge in [-0.1, -0.05) is 19.9 Å². The van der Waals surface area contributed by atoms with E-state index in [1.165, 1.54) is 4.88 Å². The molecule has 0 radical (unpaired) electrons. The van der Waals surface area contributed by atoms with E-state index in [0.717, 1.165) is 13.0 Å². The quantitative estimate of drug-likeness (QED) is 0.816. The van der Waals surface area contributed by atoms with Crippen LogP contribution in [0.1, 0.15) is 45.9 Å². The number of hydrogen-bond donors (Lipinski definition) is 1. The summed E-state index contributed by atoms with van der Waals surface area (Å²) in [5.74, 6) is 0.670. The van der Waals surface area contributed by atoms with Gasteiger partial charge in [0, 0.05) is 29.5 Å². The van der Waals surface area contributed by atoms with E-state index in [2.05, 4.69) is 57.0 Å². The van der Waals surface area contributed by atoms with Gasteiger partial charge in [0.05, 0.1) is 0 Å². The molecule has 2 nitrogen and oxygen atoms in total. The molecule has 0 bridgehead atoms. The highest BCUT2D eigenvalue weighted by atomic mass is 32.1. The fourth-order valence-corrected chi connectivity index (χ4v) is 3.47. The summed E-state index contributed by atoms with van der Waals surface area (Å²) in [6.45, 7) is 13.1. The minimum Gasteiger partial charge on any atom is -0.329 e. The zero-order valence-corrected chi connectivity index (χ0v) is 13.3. The summed E-state index contributed by atoms with van der Waals surface area (Å²) in [6.07, 6.45) is 1.15. The van der Waals surface area contributed by atoms with E-state index < -0.39 is 0 Å². The molecule has 0 spiro atoms. The predicted molar refractivity (Wildman–Crippen MR) is 81.9 cm³/mol. The molecule has 18 heavy (non-hydrogen) atoms. The van der Waals surface area contributed by atoms with E-state index in [9.17, 15) is 0 Å². The summed E-state index contributed by atoms with van der Waals surface area (Å²) in [4.78, 5) is 3.98. The molecule has 2 N–H and O–H groups in total. The first-order valence-corrected chi connectivity index (χ1v) is 7.76. The minimum atomic E-state index is 0.0896. The van der Waals surface area contributed by atoms with Crippen molar-refractivity contribution in [3.8, 4) is 0 Å². The lowest BCUT2D eigenvalue weighted by Crippen LogP contribution is -2.54. The molecule has 1 aromatic heterocycles. The highest BCUT2D eigenvalue weighted by Gasteiger charge is 2.33. The SMILES string of the molecule is CC(C)CC(C)(CN)N(Cc1cccs1)C(C)C. The van der Waals surface area contributed by atoms with Crippen molar-refractivity contribution in [2.75, 3.05) is 6.54 Å². The molecule has 1 aromatic rings. The van der Waals surface area contributed by atoms with Gasteiger partial charge in [-0.15, -0.1) is 11.3 Å². The number of nitrogens with two attached hydrogens (primary N) is 1. The van der Waals surface area contributed by atoms with Crippen LogP contribution in [0, 0.1) is 5.92 Å². The van der Waals surface area contributed by atoms with Crippen LogP contribution in [0.25, 0.3) is 0 Å². The maximum absolute atomic E-state index is 6.08. The summed E-state index contributed by atoms with van der Waals surface area (Å²) >= 11 is 1.83. The Bertz CT molecular complexity index is 332. The first-order valence-electron chi connectivity index (χ1n) is 6.88. The lowest BCUT2D eigenvalue weighted by molar-refractivity contribution is 0.0510. The third kappa shape index (κ3) is 4.08. The molecule has 3 heteroatoms. The largest absolute Gasteiger partial charge is 0.329 e. The van der Waals surface area contributed by atoms with Crippen LogP contribution in [-0.2, 0) is 6.54 Å². The molecule has 104 valence electrons. The molecular formula is C15H28N2S. The maximum atomic E-state index is 6.08. The molecule has 0 aliphatic carbocycles. The van der Waals surface area contributed by atoms with Crippen molar-refractivity contribution in [3.05, 3.63) is 22.4 Å². The van der Waals surface area contributed by atoms with Gasteiger partial charge >= 0.3 is 0 Å². The van der Waals surface area contributed by atoms with Crippen molar-refractivity contribution < 1.29 is 0 Å². The lowest BCUT2D eigenvalue weighted by atomic mass is 9.88. The lowest BCUT2D eigenvalue weighted by Gasteiger charge is -2.44.